The monoisotopic (exact) mass is 341 g/mol. The van der Waals surface area contributed by atoms with Crippen LogP contribution in [0.25, 0.3) is 0 Å². The zero-order chi connectivity index (χ0) is 18.1. The van der Waals surface area contributed by atoms with Gasteiger partial charge in [-0.2, -0.15) is 13.2 Å². The Hall–Kier alpha value is -2.97. The summed E-state index contributed by atoms with van der Waals surface area (Å²) in [5, 5.41) is 2.31. The van der Waals surface area contributed by atoms with Crippen LogP contribution in [-0.4, -0.2) is 16.8 Å². The van der Waals surface area contributed by atoms with Gasteiger partial charge in [-0.25, -0.2) is 4.39 Å². The van der Waals surface area contributed by atoms with Gasteiger partial charge in [0, 0.05) is 23.0 Å². The zero-order valence-electron chi connectivity index (χ0n) is 12.2. The van der Waals surface area contributed by atoms with Crippen LogP contribution in [0.1, 0.15) is 32.0 Å². The second-order valence-corrected chi connectivity index (χ2v) is 4.88. The second kappa shape index (κ2) is 6.26. The highest BCUT2D eigenvalue weighted by Gasteiger charge is 2.32. The van der Waals surface area contributed by atoms with E-state index in [4.69, 9.17) is 5.73 Å². The van der Waals surface area contributed by atoms with E-state index in [9.17, 15) is 27.2 Å². The van der Waals surface area contributed by atoms with Gasteiger partial charge in [-0.3, -0.25) is 14.6 Å². The first-order valence-corrected chi connectivity index (χ1v) is 6.54. The van der Waals surface area contributed by atoms with Crippen LogP contribution in [0, 0.1) is 12.7 Å². The van der Waals surface area contributed by atoms with Crippen LogP contribution in [0.4, 0.5) is 23.2 Å². The fourth-order valence-corrected chi connectivity index (χ4v) is 1.84. The van der Waals surface area contributed by atoms with E-state index in [0.29, 0.717) is 6.07 Å². The van der Waals surface area contributed by atoms with Crippen molar-refractivity contribution in [1.82, 2.24) is 4.98 Å². The summed E-state index contributed by atoms with van der Waals surface area (Å²) in [7, 11) is 0. The van der Waals surface area contributed by atoms with Gasteiger partial charge in [0.25, 0.3) is 5.91 Å². The molecule has 0 atom stereocenters. The van der Waals surface area contributed by atoms with Crippen molar-refractivity contribution in [2.24, 2.45) is 5.73 Å². The molecule has 2 aromatic rings. The molecule has 2 rings (SSSR count). The number of pyridine rings is 1. The maximum atomic E-state index is 13.7. The Kier molecular flexibility index (Phi) is 4.54. The number of rotatable bonds is 3. The molecular formula is C15H11F4N3O2. The Morgan fingerprint density at radius 1 is 1.17 bits per heavy atom. The fourth-order valence-electron chi connectivity index (χ4n) is 1.84. The normalized spacial score (nSPS) is 11.2. The van der Waals surface area contributed by atoms with Gasteiger partial charge in [-0.1, -0.05) is 0 Å². The Morgan fingerprint density at radius 2 is 1.83 bits per heavy atom. The smallest absolute Gasteiger partial charge is 0.366 e. The summed E-state index contributed by atoms with van der Waals surface area (Å²) in [5.41, 5.74) is 3.64. The fraction of sp³-hybridized carbons (Fsp3) is 0.133. The first-order chi connectivity index (χ1) is 11.1. The Bertz CT molecular complexity index is 802. The lowest BCUT2D eigenvalue weighted by Crippen LogP contribution is -2.17. The van der Waals surface area contributed by atoms with Gasteiger partial charge < -0.3 is 11.1 Å². The highest BCUT2D eigenvalue weighted by Crippen LogP contribution is 2.27. The summed E-state index contributed by atoms with van der Waals surface area (Å²) < 4.78 is 51.1. The maximum absolute atomic E-state index is 13.7. The lowest BCUT2D eigenvalue weighted by Gasteiger charge is -2.11. The van der Waals surface area contributed by atoms with Crippen molar-refractivity contribution in [2.45, 2.75) is 13.1 Å². The first-order valence-electron chi connectivity index (χ1n) is 6.54. The molecule has 1 heterocycles. The minimum absolute atomic E-state index is 0.0197. The minimum Gasteiger partial charge on any atom is -0.366 e. The van der Waals surface area contributed by atoms with Gasteiger partial charge in [0.1, 0.15) is 11.5 Å². The third-order valence-electron chi connectivity index (χ3n) is 3.19. The number of primary amides is 1. The van der Waals surface area contributed by atoms with Gasteiger partial charge in [-0.15, -0.1) is 0 Å². The van der Waals surface area contributed by atoms with Crippen molar-refractivity contribution in [3.05, 3.63) is 58.7 Å². The van der Waals surface area contributed by atoms with E-state index < -0.39 is 29.5 Å². The third-order valence-corrected chi connectivity index (χ3v) is 3.19. The molecule has 3 N–H and O–H groups in total. The number of halogens is 4. The lowest BCUT2D eigenvalue weighted by atomic mass is 10.1. The van der Waals surface area contributed by atoms with Crippen molar-refractivity contribution in [1.29, 1.82) is 0 Å². The van der Waals surface area contributed by atoms with Crippen LogP contribution < -0.4 is 11.1 Å². The molecule has 0 saturated carbocycles. The highest BCUT2D eigenvalue weighted by atomic mass is 19.4. The van der Waals surface area contributed by atoms with Gasteiger partial charge in [-0.05, 0) is 31.2 Å². The van der Waals surface area contributed by atoms with Gasteiger partial charge in [0.15, 0.2) is 0 Å². The zero-order valence-corrected chi connectivity index (χ0v) is 12.2. The predicted molar refractivity (Wildman–Crippen MR) is 76.8 cm³/mol. The molecule has 0 fully saturated rings. The molecule has 0 spiro atoms. The van der Waals surface area contributed by atoms with Gasteiger partial charge >= 0.3 is 6.18 Å². The van der Waals surface area contributed by atoms with Gasteiger partial charge in [0.2, 0.25) is 5.91 Å². The number of nitrogens with two attached hydrogens (primary N) is 1. The molecule has 24 heavy (non-hydrogen) atoms. The van der Waals surface area contributed by atoms with Crippen molar-refractivity contribution in [3.8, 4) is 0 Å². The molecule has 9 heteroatoms. The summed E-state index contributed by atoms with van der Waals surface area (Å²) in [6.45, 7) is 1.36. The predicted octanol–water partition coefficient (Wildman–Crippen LogP) is 2.90. The van der Waals surface area contributed by atoms with Crippen molar-refractivity contribution >= 4 is 17.5 Å². The van der Waals surface area contributed by atoms with E-state index in [1.807, 2.05) is 0 Å². The van der Waals surface area contributed by atoms with Crippen LogP contribution in [0.3, 0.4) is 0 Å². The summed E-state index contributed by atoms with van der Waals surface area (Å²) in [6.07, 6.45) is -3.87. The summed E-state index contributed by atoms with van der Waals surface area (Å²) >= 11 is 0. The number of amides is 2. The quantitative estimate of drug-likeness (QED) is 0.842. The van der Waals surface area contributed by atoms with Crippen LogP contribution in [0.2, 0.25) is 0 Å². The molecule has 126 valence electrons. The number of nitrogens with one attached hydrogen (secondary N) is 1. The van der Waals surface area contributed by atoms with Crippen LogP contribution in [-0.2, 0) is 6.18 Å². The number of hydrogen-bond donors (Lipinski definition) is 2. The average molecular weight is 341 g/mol. The van der Waals surface area contributed by atoms with E-state index in [1.165, 1.54) is 13.0 Å². The number of carbonyl (C=O) groups is 2. The minimum atomic E-state index is -4.62. The number of aromatic nitrogens is 1. The first kappa shape index (κ1) is 17.4. The van der Waals surface area contributed by atoms with Crippen molar-refractivity contribution < 1.29 is 27.2 Å². The molecule has 0 aliphatic heterocycles. The summed E-state index contributed by atoms with van der Waals surface area (Å²) in [4.78, 5) is 26.3. The molecule has 2 amide bonds. The van der Waals surface area contributed by atoms with E-state index in [1.54, 1.807) is 0 Å². The molecule has 0 saturated heterocycles. The number of hydrogen-bond acceptors (Lipinski definition) is 3. The summed E-state index contributed by atoms with van der Waals surface area (Å²) in [5.74, 6) is -2.45. The molecule has 0 aliphatic rings. The standard InChI is InChI=1S/C15H11F4N3O2/c1-7-10(16)4-9(13(20)23)5-11(7)22-14(24)8-2-3-12(21-6-8)15(17,18)19/h2-6H,1H3,(H2,20,23)(H,22,24). The van der Waals surface area contributed by atoms with E-state index in [-0.39, 0.29) is 22.4 Å². The SMILES string of the molecule is Cc1c(F)cc(C(N)=O)cc1NC(=O)c1ccc(C(F)(F)F)nc1. The molecular weight excluding hydrogens is 330 g/mol. The van der Waals surface area contributed by atoms with Crippen molar-refractivity contribution in [3.63, 3.8) is 0 Å². The summed E-state index contributed by atoms with van der Waals surface area (Å²) in [6, 6.07) is 3.69. The largest absolute Gasteiger partial charge is 0.433 e. The van der Waals surface area contributed by atoms with Crippen LogP contribution >= 0.6 is 0 Å². The van der Waals surface area contributed by atoms with Crippen LogP contribution in [0.5, 0.6) is 0 Å². The molecule has 0 unspecified atom stereocenters. The van der Waals surface area contributed by atoms with Crippen LogP contribution in [0.15, 0.2) is 30.5 Å². The Balaban J connectivity index is 2.28. The number of benzene rings is 1. The Morgan fingerprint density at radius 3 is 2.33 bits per heavy atom. The maximum Gasteiger partial charge on any atom is 0.433 e. The highest BCUT2D eigenvalue weighted by molar-refractivity contribution is 6.05. The van der Waals surface area contributed by atoms with E-state index in [0.717, 1.165) is 18.3 Å². The third kappa shape index (κ3) is 3.67. The number of anilines is 1. The molecule has 1 aromatic heterocycles. The molecule has 0 bridgehead atoms. The van der Waals surface area contributed by atoms with E-state index in [2.05, 4.69) is 10.3 Å². The number of nitrogens with zero attached hydrogens (tertiary/aromatic N) is 1. The van der Waals surface area contributed by atoms with Gasteiger partial charge in [0.05, 0.1) is 5.56 Å². The molecule has 0 radical (unpaired) electrons. The second-order valence-electron chi connectivity index (χ2n) is 4.88. The number of carbonyl (C=O) groups excluding carboxylic acids is 2. The molecule has 5 nitrogen and oxygen atoms in total. The Labute approximate surface area is 133 Å². The number of alkyl halides is 3. The molecule has 0 aliphatic carbocycles. The topological polar surface area (TPSA) is 85.1 Å². The molecule has 1 aromatic carbocycles. The van der Waals surface area contributed by atoms with Crippen molar-refractivity contribution in [2.75, 3.05) is 5.32 Å². The van der Waals surface area contributed by atoms with E-state index >= 15 is 0 Å². The lowest BCUT2D eigenvalue weighted by molar-refractivity contribution is -0.141. The average Bonchev–Trinajstić information content (AvgIpc) is 2.50.